The fourth-order valence-electron chi connectivity index (χ4n) is 2.69. The van der Waals surface area contributed by atoms with Crippen LogP contribution in [0.1, 0.15) is 31.3 Å². The van der Waals surface area contributed by atoms with E-state index in [1.807, 2.05) is 0 Å². The van der Waals surface area contributed by atoms with Crippen molar-refractivity contribution < 1.29 is 18.0 Å². The number of hydrogen-bond donors (Lipinski definition) is 2. The SMILES string of the molecule is CCN(CC)S(=O)(=O)c1cc(C(=O)Nc2cccc(NC(C)=O)c2)n(C)c1. The summed E-state index contributed by atoms with van der Waals surface area (Å²) in [7, 11) is -2.03. The second-order valence-corrected chi connectivity index (χ2v) is 7.92. The molecule has 0 saturated heterocycles. The largest absolute Gasteiger partial charge is 0.345 e. The minimum Gasteiger partial charge on any atom is -0.345 e. The molecule has 0 radical (unpaired) electrons. The Labute approximate surface area is 159 Å². The summed E-state index contributed by atoms with van der Waals surface area (Å²) in [6, 6.07) is 8.06. The summed E-state index contributed by atoms with van der Waals surface area (Å²) in [5, 5.41) is 5.35. The average molecular weight is 392 g/mol. The molecular formula is C18H24N4O4S. The molecule has 1 aromatic heterocycles. The van der Waals surface area contributed by atoms with Gasteiger partial charge in [-0.1, -0.05) is 19.9 Å². The van der Waals surface area contributed by atoms with Crippen molar-refractivity contribution in [2.75, 3.05) is 23.7 Å². The Bertz CT molecular complexity index is 946. The van der Waals surface area contributed by atoms with Crippen LogP contribution in [0.5, 0.6) is 0 Å². The third-order valence-electron chi connectivity index (χ3n) is 4.00. The zero-order chi connectivity index (χ0) is 20.2. The highest BCUT2D eigenvalue weighted by molar-refractivity contribution is 7.89. The first kappa shape index (κ1) is 20.7. The summed E-state index contributed by atoms with van der Waals surface area (Å²) in [6.07, 6.45) is 1.43. The number of carbonyl (C=O) groups is 2. The molecule has 0 fully saturated rings. The van der Waals surface area contributed by atoms with Crippen molar-refractivity contribution in [2.45, 2.75) is 25.7 Å². The highest BCUT2D eigenvalue weighted by atomic mass is 32.2. The number of aryl methyl sites for hydroxylation is 1. The maximum atomic E-state index is 12.6. The highest BCUT2D eigenvalue weighted by Crippen LogP contribution is 2.20. The number of aromatic nitrogens is 1. The van der Waals surface area contributed by atoms with Crippen LogP contribution in [0.3, 0.4) is 0 Å². The minimum absolute atomic E-state index is 0.0749. The van der Waals surface area contributed by atoms with Gasteiger partial charge in [0.1, 0.15) is 10.6 Å². The molecule has 0 atom stereocenters. The second kappa shape index (κ2) is 8.36. The normalized spacial score (nSPS) is 11.4. The number of nitrogens with one attached hydrogen (secondary N) is 2. The van der Waals surface area contributed by atoms with Crippen molar-refractivity contribution in [1.29, 1.82) is 0 Å². The monoisotopic (exact) mass is 392 g/mol. The lowest BCUT2D eigenvalue weighted by molar-refractivity contribution is -0.114. The Morgan fingerprint density at radius 3 is 2.22 bits per heavy atom. The number of anilines is 2. The molecule has 146 valence electrons. The van der Waals surface area contributed by atoms with E-state index in [0.29, 0.717) is 24.5 Å². The standard InChI is InChI=1S/C18H24N4O4S/c1-5-22(6-2)27(25,26)16-11-17(21(4)12-16)18(24)20-15-9-7-8-14(10-15)19-13(3)23/h7-12H,5-6H2,1-4H3,(H,19,23)(H,20,24). The van der Waals surface area contributed by atoms with E-state index >= 15 is 0 Å². The number of carbonyl (C=O) groups excluding carboxylic acids is 2. The molecule has 2 aromatic rings. The van der Waals surface area contributed by atoms with Gasteiger partial charge in [0.2, 0.25) is 15.9 Å². The van der Waals surface area contributed by atoms with Gasteiger partial charge in [-0.15, -0.1) is 0 Å². The van der Waals surface area contributed by atoms with Crippen LogP contribution in [0.25, 0.3) is 0 Å². The molecule has 2 N–H and O–H groups in total. The van der Waals surface area contributed by atoms with Crippen molar-refractivity contribution in [3.8, 4) is 0 Å². The van der Waals surface area contributed by atoms with Gasteiger partial charge >= 0.3 is 0 Å². The van der Waals surface area contributed by atoms with Crippen LogP contribution < -0.4 is 10.6 Å². The molecule has 0 aliphatic rings. The first-order valence-corrected chi connectivity index (χ1v) is 9.98. The van der Waals surface area contributed by atoms with E-state index in [1.165, 1.54) is 28.1 Å². The van der Waals surface area contributed by atoms with E-state index in [2.05, 4.69) is 10.6 Å². The molecule has 0 saturated carbocycles. The van der Waals surface area contributed by atoms with E-state index in [9.17, 15) is 18.0 Å². The van der Waals surface area contributed by atoms with Crippen LogP contribution in [0.15, 0.2) is 41.4 Å². The van der Waals surface area contributed by atoms with Gasteiger partial charge in [0, 0.05) is 44.6 Å². The van der Waals surface area contributed by atoms with Crippen LogP contribution in [-0.2, 0) is 21.9 Å². The van der Waals surface area contributed by atoms with Crippen molar-refractivity contribution in [1.82, 2.24) is 8.87 Å². The van der Waals surface area contributed by atoms with Crippen molar-refractivity contribution in [2.24, 2.45) is 7.05 Å². The number of rotatable bonds is 7. The Kier molecular flexibility index (Phi) is 6.40. The zero-order valence-electron chi connectivity index (χ0n) is 15.8. The second-order valence-electron chi connectivity index (χ2n) is 5.98. The molecule has 0 aliphatic carbocycles. The van der Waals surface area contributed by atoms with Gasteiger partial charge in [-0.3, -0.25) is 9.59 Å². The van der Waals surface area contributed by atoms with E-state index in [1.54, 1.807) is 45.2 Å². The lowest BCUT2D eigenvalue weighted by Crippen LogP contribution is -2.30. The van der Waals surface area contributed by atoms with Gasteiger partial charge < -0.3 is 15.2 Å². The lowest BCUT2D eigenvalue weighted by Gasteiger charge is -2.17. The molecule has 2 rings (SSSR count). The van der Waals surface area contributed by atoms with Gasteiger partial charge in [0.25, 0.3) is 5.91 Å². The molecule has 9 heteroatoms. The number of amides is 2. The molecule has 27 heavy (non-hydrogen) atoms. The summed E-state index contributed by atoms with van der Waals surface area (Å²) in [5.74, 6) is -0.661. The summed E-state index contributed by atoms with van der Waals surface area (Å²) >= 11 is 0. The van der Waals surface area contributed by atoms with Crippen LogP contribution in [0, 0.1) is 0 Å². The van der Waals surface area contributed by atoms with Gasteiger partial charge in [-0.05, 0) is 24.3 Å². The maximum Gasteiger partial charge on any atom is 0.272 e. The molecule has 0 aliphatic heterocycles. The number of nitrogens with zero attached hydrogens (tertiary/aromatic N) is 2. The Hall–Kier alpha value is -2.65. The van der Waals surface area contributed by atoms with Crippen LogP contribution in [0.4, 0.5) is 11.4 Å². The van der Waals surface area contributed by atoms with Crippen molar-refractivity contribution >= 4 is 33.2 Å². The molecular weight excluding hydrogens is 368 g/mol. The van der Waals surface area contributed by atoms with Gasteiger partial charge in [0.05, 0.1) is 0 Å². The summed E-state index contributed by atoms with van der Waals surface area (Å²) in [5.41, 5.74) is 1.25. The van der Waals surface area contributed by atoms with Gasteiger partial charge in [-0.25, -0.2) is 8.42 Å². The predicted octanol–water partition coefficient (Wildman–Crippen LogP) is 2.27. The van der Waals surface area contributed by atoms with Gasteiger partial charge in [0.15, 0.2) is 0 Å². The maximum absolute atomic E-state index is 12.6. The zero-order valence-corrected chi connectivity index (χ0v) is 16.6. The molecule has 8 nitrogen and oxygen atoms in total. The molecule has 0 bridgehead atoms. The first-order valence-electron chi connectivity index (χ1n) is 8.54. The van der Waals surface area contributed by atoms with E-state index in [4.69, 9.17) is 0 Å². The molecule has 2 amide bonds. The van der Waals surface area contributed by atoms with Crippen molar-refractivity contribution in [3.63, 3.8) is 0 Å². The Morgan fingerprint density at radius 1 is 1.07 bits per heavy atom. The minimum atomic E-state index is -3.64. The fourth-order valence-corrected chi connectivity index (χ4v) is 4.22. The topological polar surface area (TPSA) is 101 Å². The first-order chi connectivity index (χ1) is 12.7. The fraction of sp³-hybridized carbons (Fsp3) is 0.333. The third-order valence-corrected chi connectivity index (χ3v) is 6.01. The molecule has 1 heterocycles. The quantitative estimate of drug-likeness (QED) is 0.755. The Morgan fingerprint density at radius 2 is 1.67 bits per heavy atom. The predicted molar refractivity (Wildman–Crippen MR) is 104 cm³/mol. The summed E-state index contributed by atoms with van der Waals surface area (Å²) in [4.78, 5) is 23.8. The lowest BCUT2D eigenvalue weighted by atomic mass is 10.2. The number of benzene rings is 1. The molecule has 0 unspecified atom stereocenters. The third kappa shape index (κ3) is 4.75. The van der Waals surface area contributed by atoms with E-state index < -0.39 is 15.9 Å². The smallest absolute Gasteiger partial charge is 0.272 e. The average Bonchev–Trinajstić information content (AvgIpc) is 2.98. The van der Waals surface area contributed by atoms with Crippen LogP contribution >= 0.6 is 0 Å². The van der Waals surface area contributed by atoms with Crippen LogP contribution in [0.2, 0.25) is 0 Å². The van der Waals surface area contributed by atoms with Crippen LogP contribution in [-0.4, -0.2) is 42.2 Å². The highest BCUT2D eigenvalue weighted by Gasteiger charge is 2.25. The van der Waals surface area contributed by atoms with E-state index in [0.717, 1.165) is 0 Å². The summed E-state index contributed by atoms with van der Waals surface area (Å²) < 4.78 is 28.1. The molecule has 1 aromatic carbocycles. The molecule has 0 spiro atoms. The van der Waals surface area contributed by atoms with Gasteiger partial charge in [-0.2, -0.15) is 4.31 Å². The Balaban J connectivity index is 2.26. The number of hydrogen-bond acceptors (Lipinski definition) is 4. The van der Waals surface area contributed by atoms with Crippen molar-refractivity contribution in [3.05, 3.63) is 42.2 Å². The number of sulfonamides is 1. The summed E-state index contributed by atoms with van der Waals surface area (Å²) in [6.45, 7) is 5.63. The van der Waals surface area contributed by atoms with E-state index in [-0.39, 0.29) is 16.5 Å².